The lowest BCUT2D eigenvalue weighted by Gasteiger charge is -2.40. The summed E-state index contributed by atoms with van der Waals surface area (Å²) in [5.41, 5.74) is 5.11. The van der Waals surface area contributed by atoms with E-state index in [1.165, 1.54) is 22.8 Å². The van der Waals surface area contributed by atoms with Gasteiger partial charge in [0.15, 0.2) is 0 Å². The first kappa shape index (κ1) is 23.6. The van der Waals surface area contributed by atoms with Crippen LogP contribution >= 0.6 is 0 Å². The van der Waals surface area contributed by atoms with Gasteiger partial charge in [-0.25, -0.2) is 9.18 Å². The number of urea groups is 1. The first-order valence-electron chi connectivity index (χ1n) is 12.5. The molecule has 1 spiro atoms. The summed E-state index contributed by atoms with van der Waals surface area (Å²) in [6.45, 7) is 9.24. The summed E-state index contributed by atoms with van der Waals surface area (Å²) >= 11 is 0. The molecular weight excluding hydrogens is 437 g/mol. The molecule has 0 unspecified atom stereocenters. The number of carbonyl (C=O) groups is 1. The summed E-state index contributed by atoms with van der Waals surface area (Å²) in [4.78, 5) is 17.4. The number of piperidine rings is 1. The van der Waals surface area contributed by atoms with E-state index in [1.807, 2.05) is 31.7 Å². The van der Waals surface area contributed by atoms with Gasteiger partial charge in [0.1, 0.15) is 5.82 Å². The normalized spacial score (nSPS) is 17.4. The van der Waals surface area contributed by atoms with Gasteiger partial charge in [0.2, 0.25) is 0 Å². The first-order valence-corrected chi connectivity index (χ1v) is 12.5. The molecule has 2 heterocycles. The molecule has 0 radical (unpaired) electrons. The van der Waals surface area contributed by atoms with Crippen molar-refractivity contribution in [2.75, 3.05) is 24.5 Å². The van der Waals surface area contributed by atoms with Crippen molar-refractivity contribution >= 4 is 11.7 Å². The monoisotopic (exact) mass is 471 g/mol. The van der Waals surface area contributed by atoms with Gasteiger partial charge in [-0.3, -0.25) is 9.80 Å². The summed E-state index contributed by atoms with van der Waals surface area (Å²) in [5.74, 6) is -0.236. The highest BCUT2D eigenvalue weighted by atomic mass is 19.1. The second kappa shape index (κ2) is 9.12. The highest BCUT2D eigenvalue weighted by Gasteiger charge is 2.47. The van der Waals surface area contributed by atoms with Gasteiger partial charge in [0, 0.05) is 29.7 Å². The Bertz CT molecular complexity index is 1210. The van der Waals surface area contributed by atoms with Gasteiger partial charge in [0.05, 0.1) is 0 Å². The summed E-state index contributed by atoms with van der Waals surface area (Å²) in [6.07, 6.45) is 1.80. The maximum Gasteiger partial charge on any atom is 0.322 e. The molecule has 182 valence electrons. The first-order chi connectivity index (χ1) is 16.7. The number of halogens is 1. The molecular formula is C30H34FN3O. The number of nitrogens with zero attached hydrogens (tertiary/aromatic N) is 2. The second-order valence-electron chi connectivity index (χ2n) is 11.0. The van der Waals surface area contributed by atoms with Gasteiger partial charge < -0.3 is 5.32 Å². The smallest absolute Gasteiger partial charge is 0.322 e. The number of rotatable bonds is 3. The van der Waals surface area contributed by atoms with E-state index >= 15 is 0 Å². The molecule has 2 amide bonds. The third-order valence-corrected chi connectivity index (χ3v) is 7.32. The Balaban J connectivity index is 1.35. The largest absolute Gasteiger partial charge is 0.333 e. The van der Waals surface area contributed by atoms with Gasteiger partial charge in [-0.1, -0.05) is 54.6 Å². The predicted octanol–water partition coefficient (Wildman–Crippen LogP) is 6.35. The average molecular weight is 472 g/mol. The van der Waals surface area contributed by atoms with Gasteiger partial charge >= 0.3 is 6.03 Å². The topological polar surface area (TPSA) is 35.6 Å². The fourth-order valence-corrected chi connectivity index (χ4v) is 5.58. The van der Waals surface area contributed by atoms with E-state index in [1.54, 1.807) is 12.1 Å². The van der Waals surface area contributed by atoms with Gasteiger partial charge in [0.25, 0.3) is 0 Å². The fourth-order valence-electron chi connectivity index (χ4n) is 5.58. The minimum Gasteiger partial charge on any atom is -0.333 e. The molecule has 3 aromatic carbocycles. The van der Waals surface area contributed by atoms with E-state index in [0.29, 0.717) is 6.54 Å². The third kappa shape index (κ3) is 4.83. The lowest BCUT2D eigenvalue weighted by atomic mass is 9.74. The van der Waals surface area contributed by atoms with E-state index in [0.717, 1.165) is 43.7 Å². The lowest BCUT2D eigenvalue weighted by molar-refractivity contribution is 0.159. The minimum atomic E-state index is -0.331. The van der Waals surface area contributed by atoms with Crippen molar-refractivity contribution in [1.82, 2.24) is 10.2 Å². The average Bonchev–Trinajstić information content (AvgIpc) is 3.14. The van der Waals surface area contributed by atoms with Crippen molar-refractivity contribution in [1.29, 1.82) is 0 Å². The Labute approximate surface area is 207 Å². The molecule has 3 aromatic rings. The Morgan fingerprint density at radius 2 is 1.66 bits per heavy atom. The summed E-state index contributed by atoms with van der Waals surface area (Å²) in [6, 6.07) is 23.9. The van der Waals surface area contributed by atoms with Crippen LogP contribution in [0, 0.1) is 5.82 Å². The number of nitrogens with one attached hydrogen (secondary N) is 1. The molecule has 1 N–H and O–H groups in total. The Kier molecular flexibility index (Phi) is 6.14. The summed E-state index contributed by atoms with van der Waals surface area (Å²) in [5, 5.41) is 3.08. The number of benzene rings is 3. The van der Waals surface area contributed by atoms with Crippen molar-refractivity contribution in [3.05, 3.63) is 89.7 Å². The standard InChI is InChI=1S/C30H34FN3O/c1-29(2,3)32-28(35)34-21-30(26-19-24(31)13-14-27(26)34)15-17-33(18-16-30)20-23-11-7-8-12-25(23)22-9-5-4-6-10-22/h4-14,19H,15-18,20-21H2,1-3H3,(H,32,35). The van der Waals surface area contributed by atoms with E-state index in [9.17, 15) is 9.18 Å². The van der Waals surface area contributed by atoms with E-state index in [2.05, 4.69) is 58.7 Å². The van der Waals surface area contributed by atoms with Crippen LogP contribution in [-0.2, 0) is 12.0 Å². The SMILES string of the molecule is CC(C)(C)NC(=O)N1CC2(CCN(Cc3ccccc3-c3ccccc3)CC2)c2cc(F)ccc21. The van der Waals surface area contributed by atoms with Crippen LogP contribution in [0.5, 0.6) is 0 Å². The number of fused-ring (bicyclic) bond motifs is 2. The molecule has 0 aliphatic carbocycles. The minimum absolute atomic E-state index is 0.110. The Morgan fingerprint density at radius 3 is 2.37 bits per heavy atom. The molecule has 5 heteroatoms. The van der Waals surface area contributed by atoms with E-state index in [4.69, 9.17) is 0 Å². The third-order valence-electron chi connectivity index (χ3n) is 7.32. The highest BCUT2D eigenvalue weighted by Crippen LogP contribution is 2.47. The Hall–Kier alpha value is -3.18. The summed E-state index contributed by atoms with van der Waals surface area (Å²) in [7, 11) is 0. The zero-order valence-corrected chi connectivity index (χ0v) is 20.9. The number of hydrogen-bond donors (Lipinski definition) is 1. The number of anilines is 1. The fraction of sp³-hybridized carbons (Fsp3) is 0.367. The maximum atomic E-state index is 14.3. The molecule has 0 saturated carbocycles. The van der Waals surface area contributed by atoms with E-state index < -0.39 is 0 Å². The zero-order valence-electron chi connectivity index (χ0n) is 20.9. The van der Waals surface area contributed by atoms with Crippen molar-refractivity contribution in [2.45, 2.75) is 51.1 Å². The van der Waals surface area contributed by atoms with Gasteiger partial charge in [-0.2, -0.15) is 0 Å². The van der Waals surface area contributed by atoms with Crippen LogP contribution < -0.4 is 10.2 Å². The van der Waals surface area contributed by atoms with Crippen LogP contribution in [0.3, 0.4) is 0 Å². The number of hydrogen-bond acceptors (Lipinski definition) is 2. The van der Waals surface area contributed by atoms with Crippen molar-refractivity contribution < 1.29 is 9.18 Å². The van der Waals surface area contributed by atoms with Crippen LogP contribution in [0.2, 0.25) is 0 Å². The van der Waals surface area contributed by atoms with E-state index in [-0.39, 0.29) is 22.8 Å². The maximum absolute atomic E-state index is 14.3. The Morgan fingerprint density at radius 1 is 0.971 bits per heavy atom. The lowest BCUT2D eigenvalue weighted by Crippen LogP contribution is -2.51. The molecule has 1 saturated heterocycles. The molecule has 0 atom stereocenters. The zero-order chi connectivity index (χ0) is 24.6. The quantitative estimate of drug-likeness (QED) is 0.483. The van der Waals surface area contributed by atoms with Crippen molar-refractivity contribution in [2.24, 2.45) is 0 Å². The highest BCUT2D eigenvalue weighted by molar-refractivity contribution is 5.95. The van der Waals surface area contributed by atoms with Crippen LogP contribution in [0.1, 0.15) is 44.7 Å². The molecule has 4 nitrogen and oxygen atoms in total. The van der Waals surface area contributed by atoms with Crippen LogP contribution in [0.4, 0.5) is 14.9 Å². The number of likely N-dealkylation sites (tertiary alicyclic amines) is 1. The van der Waals surface area contributed by atoms with Crippen LogP contribution in [0.25, 0.3) is 11.1 Å². The molecule has 5 rings (SSSR count). The molecule has 2 aliphatic heterocycles. The molecule has 35 heavy (non-hydrogen) atoms. The number of amides is 2. The van der Waals surface area contributed by atoms with Gasteiger partial charge in [-0.15, -0.1) is 0 Å². The van der Waals surface area contributed by atoms with Crippen molar-refractivity contribution in [3.63, 3.8) is 0 Å². The van der Waals surface area contributed by atoms with Crippen LogP contribution in [0.15, 0.2) is 72.8 Å². The predicted molar refractivity (Wildman–Crippen MR) is 140 cm³/mol. The van der Waals surface area contributed by atoms with Crippen molar-refractivity contribution in [3.8, 4) is 11.1 Å². The molecule has 2 aliphatic rings. The molecule has 1 fully saturated rings. The number of carbonyl (C=O) groups excluding carboxylic acids is 1. The molecule has 0 aromatic heterocycles. The van der Waals surface area contributed by atoms with Gasteiger partial charge in [-0.05, 0) is 87.2 Å². The second-order valence-corrected chi connectivity index (χ2v) is 11.0. The summed E-state index contributed by atoms with van der Waals surface area (Å²) < 4.78 is 14.3. The van der Waals surface area contributed by atoms with Crippen LogP contribution in [-0.4, -0.2) is 36.1 Å². The molecule has 0 bridgehead atoms.